The van der Waals surface area contributed by atoms with Crippen LogP contribution in [0.3, 0.4) is 0 Å². The van der Waals surface area contributed by atoms with Crippen LogP contribution in [-0.4, -0.2) is 42.5 Å². The Morgan fingerprint density at radius 3 is 2.65 bits per heavy atom. The summed E-state index contributed by atoms with van der Waals surface area (Å²) in [6.07, 6.45) is 6.48. The molecule has 34 heavy (non-hydrogen) atoms. The number of benzene rings is 2. The number of aromatic nitrogens is 1. The average molecular weight is 478 g/mol. The van der Waals surface area contributed by atoms with Gasteiger partial charge in [-0.25, -0.2) is 0 Å². The van der Waals surface area contributed by atoms with Crippen molar-refractivity contribution in [3.8, 4) is 5.75 Å². The molecule has 2 aliphatic rings. The summed E-state index contributed by atoms with van der Waals surface area (Å²) in [5.74, 6) is 1.37. The van der Waals surface area contributed by atoms with E-state index in [1.54, 1.807) is 7.11 Å². The Bertz CT molecular complexity index is 1170. The predicted molar refractivity (Wildman–Crippen MR) is 137 cm³/mol. The number of nitrogens with zero attached hydrogens (tertiary/aromatic N) is 2. The molecule has 0 bridgehead atoms. The van der Waals surface area contributed by atoms with Crippen LogP contribution >= 0.6 is 11.6 Å². The molecule has 1 aliphatic carbocycles. The van der Waals surface area contributed by atoms with Crippen molar-refractivity contribution in [3.05, 3.63) is 69.9 Å². The van der Waals surface area contributed by atoms with Crippen molar-refractivity contribution in [2.45, 2.75) is 45.1 Å². The minimum atomic E-state index is -0.0294. The maximum absolute atomic E-state index is 12.9. The molecule has 0 saturated carbocycles. The lowest BCUT2D eigenvalue weighted by Crippen LogP contribution is -2.38. The Kier molecular flexibility index (Phi) is 7.02. The fourth-order valence-electron chi connectivity index (χ4n) is 5.19. The molecule has 178 valence electrons. The Hall–Kier alpha value is -2.63. The number of aryl methyl sites for hydroxylation is 1. The van der Waals surface area contributed by atoms with E-state index in [2.05, 4.69) is 22.3 Å². The van der Waals surface area contributed by atoms with Gasteiger partial charge in [0.2, 0.25) is 0 Å². The van der Waals surface area contributed by atoms with Crippen LogP contribution in [-0.2, 0) is 19.4 Å². The maximum atomic E-state index is 12.9. The minimum absolute atomic E-state index is 0.0294. The second-order valence-electron chi connectivity index (χ2n) is 9.57. The largest absolute Gasteiger partial charge is 0.497 e. The van der Waals surface area contributed by atoms with E-state index in [0.717, 1.165) is 79.1 Å². The highest BCUT2D eigenvalue weighted by Gasteiger charge is 2.21. The smallest absolute Gasteiger partial charge is 0.251 e. The number of rotatable bonds is 6. The number of piperidine rings is 1. The molecule has 0 unspecified atom stereocenters. The summed E-state index contributed by atoms with van der Waals surface area (Å²) in [7, 11) is 1.69. The molecule has 5 rings (SSSR count). The molecule has 5 nitrogen and oxygen atoms in total. The molecule has 1 aromatic heterocycles. The third kappa shape index (κ3) is 5.06. The highest BCUT2D eigenvalue weighted by atomic mass is 35.5. The van der Waals surface area contributed by atoms with Gasteiger partial charge >= 0.3 is 0 Å². The molecule has 0 atom stereocenters. The zero-order valence-electron chi connectivity index (χ0n) is 19.8. The molecule has 0 spiro atoms. The summed E-state index contributed by atoms with van der Waals surface area (Å²) in [5, 5.41) is 4.92. The lowest BCUT2D eigenvalue weighted by atomic mass is 9.94. The van der Waals surface area contributed by atoms with Gasteiger partial charge in [0.05, 0.1) is 17.6 Å². The highest BCUT2D eigenvalue weighted by Crippen LogP contribution is 2.33. The molecule has 1 N–H and O–H groups in total. The minimum Gasteiger partial charge on any atom is -0.497 e. The van der Waals surface area contributed by atoms with Crippen molar-refractivity contribution in [2.75, 3.05) is 26.7 Å². The third-order valence-corrected chi connectivity index (χ3v) is 7.71. The molecule has 2 aromatic carbocycles. The first kappa shape index (κ1) is 23.1. The lowest BCUT2D eigenvalue weighted by Gasteiger charge is -2.32. The van der Waals surface area contributed by atoms with Crippen LogP contribution in [0, 0.1) is 5.92 Å². The van der Waals surface area contributed by atoms with Crippen LogP contribution in [0.1, 0.15) is 52.9 Å². The van der Waals surface area contributed by atoms with Crippen LogP contribution in [0.5, 0.6) is 5.75 Å². The topological polar surface area (TPSA) is 54.5 Å². The number of likely N-dealkylation sites (tertiary alicyclic amines) is 1. The van der Waals surface area contributed by atoms with Crippen molar-refractivity contribution >= 4 is 28.4 Å². The van der Waals surface area contributed by atoms with Crippen molar-refractivity contribution < 1.29 is 9.53 Å². The first-order valence-electron chi connectivity index (χ1n) is 12.3. The van der Waals surface area contributed by atoms with Crippen molar-refractivity contribution in [3.63, 3.8) is 0 Å². The predicted octanol–water partition coefficient (Wildman–Crippen LogP) is 5.42. The van der Waals surface area contributed by atoms with Crippen LogP contribution in [0.15, 0.2) is 42.5 Å². The van der Waals surface area contributed by atoms with Gasteiger partial charge in [-0.1, -0.05) is 29.8 Å². The summed E-state index contributed by atoms with van der Waals surface area (Å²) in [5.41, 5.74) is 5.08. The van der Waals surface area contributed by atoms with Gasteiger partial charge in [0.25, 0.3) is 5.91 Å². The molecule has 3 aromatic rings. The van der Waals surface area contributed by atoms with Crippen molar-refractivity contribution in [2.24, 2.45) is 5.92 Å². The number of fused-ring (bicyclic) bond motifs is 2. The number of carbonyl (C=O) groups excluding carboxylic acids is 1. The van der Waals surface area contributed by atoms with E-state index in [0.29, 0.717) is 18.0 Å². The molecular formula is C28H32ClN3O2. The second kappa shape index (κ2) is 10.3. The number of amides is 1. The Balaban J connectivity index is 1.15. The van der Waals surface area contributed by atoms with Gasteiger partial charge in [0.1, 0.15) is 5.75 Å². The van der Waals surface area contributed by atoms with Crippen LogP contribution in [0.4, 0.5) is 0 Å². The van der Waals surface area contributed by atoms with E-state index < -0.39 is 0 Å². The molecule has 0 radical (unpaired) electrons. The van der Waals surface area contributed by atoms with Crippen LogP contribution in [0.25, 0.3) is 10.9 Å². The molecule has 6 heteroatoms. The average Bonchev–Trinajstić information content (AvgIpc) is 2.88. The van der Waals surface area contributed by atoms with Gasteiger partial charge in [-0.05, 0) is 92.9 Å². The first-order valence-corrected chi connectivity index (χ1v) is 12.7. The van der Waals surface area contributed by atoms with Crippen LogP contribution in [0.2, 0.25) is 5.02 Å². The number of hydrogen-bond acceptors (Lipinski definition) is 4. The lowest BCUT2D eigenvalue weighted by molar-refractivity contribution is 0.0935. The van der Waals surface area contributed by atoms with Crippen LogP contribution < -0.4 is 10.1 Å². The van der Waals surface area contributed by atoms with Gasteiger partial charge < -0.3 is 10.1 Å². The fraction of sp³-hybridized carbons (Fsp3) is 0.429. The van der Waals surface area contributed by atoms with E-state index in [9.17, 15) is 4.79 Å². The number of hydrogen-bond donors (Lipinski definition) is 1. The normalized spacial score (nSPS) is 16.9. The second-order valence-corrected chi connectivity index (χ2v) is 9.95. The Morgan fingerprint density at radius 2 is 1.88 bits per heavy atom. The van der Waals surface area contributed by atoms with Gasteiger partial charge in [-0.3, -0.25) is 14.7 Å². The molecule has 2 heterocycles. The van der Waals surface area contributed by atoms with E-state index in [1.165, 1.54) is 17.5 Å². The molecular weight excluding hydrogens is 446 g/mol. The van der Waals surface area contributed by atoms with Gasteiger partial charge in [0, 0.05) is 29.7 Å². The van der Waals surface area contributed by atoms with Crippen molar-refractivity contribution in [1.82, 2.24) is 15.2 Å². The van der Waals surface area contributed by atoms with Gasteiger partial charge in [0.15, 0.2) is 0 Å². The monoisotopic (exact) mass is 477 g/mol. The molecule has 1 fully saturated rings. The molecule has 1 aliphatic heterocycles. The highest BCUT2D eigenvalue weighted by molar-refractivity contribution is 6.36. The SMILES string of the molecule is COc1ccc(CN2CCC(CNC(=O)c3ccc4c(Cl)c5c(nc4c3)CCCC5)CC2)cc1. The Morgan fingerprint density at radius 1 is 1.12 bits per heavy atom. The van der Waals surface area contributed by atoms with Gasteiger partial charge in [-0.2, -0.15) is 0 Å². The third-order valence-electron chi connectivity index (χ3n) is 7.28. The Labute approximate surface area is 206 Å². The van der Waals surface area contributed by atoms with Gasteiger partial charge in [-0.15, -0.1) is 0 Å². The number of methoxy groups -OCH3 is 1. The fourth-order valence-corrected chi connectivity index (χ4v) is 5.55. The number of halogens is 1. The quantitative estimate of drug-likeness (QED) is 0.515. The molecule has 1 amide bonds. The number of carbonyl (C=O) groups is 1. The van der Waals surface area contributed by atoms with Crippen molar-refractivity contribution in [1.29, 1.82) is 0 Å². The number of pyridine rings is 1. The van der Waals surface area contributed by atoms with E-state index in [4.69, 9.17) is 21.3 Å². The zero-order valence-corrected chi connectivity index (χ0v) is 20.5. The summed E-state index contributed by atoms with van der Waals surface area (Å²) in [6.45, 7) is 3.77. The summed E-state index contributed by atoms with van der Waals surface area (Å²) < 4.78 is 5.24. The number of nitrogens with one attached hydrogen (secondary N) is 1. The summed E-state index contributed by atoms with van der Waals surface area (Å²) >= 11 is 6.68. The molecule has 1 saturated heterocycles. The standard InChI is InChI=1S/C28H32ClN3O2/c1-34-22-9-6-20(7-10-22)18-32-14-12-19(13-15-32)17-30-28(33)21-8-11-24-26(16-21)31-25-5-3-2-4-23(25)27(24)29/h6-11,16,19H,2-5,12-15,17-18H2,1H3,(H,30,33). The first-order chi connectivity index (χ1) is 16.6. The van der Waals surface area contributed by atoms with E-state index in [-0.39, 0.29) is 5.91 Å². The number of ether oxygens (including phenoxy) is 1. The summed E-state index contributed by atoms with van der Waals surface area (Å²) in [6, 6.07) is 14.0. The zero-order chi connectivity index (χ0) is 23.5. The maximum Gasteiger partial charge on any atom is 0.251 e. The summed E-state index contributed by atoms with van der Waals surface area (Å²) in [4.78, 5) is 20.2. The van der Waals surface area contributed by atoms with E-state index in [1.807, 2.05) is 30.3 Å². The van der Waals surface area contributed by atoms with E-state index >= 15 is 0 Å².